The third-order valence-electron chi connectivity index (χ3n) is 5.38. The average Bonchev–Trinajstić information content (AvgIpc) is 2.72. The molecule has 0 heterocycles. The first-order valence-electron chi connectivity index (χ1n) is 11.7. The first kappa shape index (κ1) is 26.2. The third kappa shape index (κ3) is 13.9. The van der Waals surface area contributed by atoms with Gasteiger partial charge < -0.3 is 14.2 Å². The summed E-state index contributed by atoms with van der Waals surface area (Å²) >= 11 is 0. The molecule has 0 aliphatic carbocycles. The molecule has 1 unspecified atom stereocenters. The van der Waals surface area contributed by atoms with Crippen LogP contribution in [0.15, 0.2) is 24.3 Å². The second kappa shape index (κ2) is 16.9. The summed E-state index contributed by atoms with van der Waals surface area (Å²) in [6, 6.07) is 7.42. The van der Waals surface area contributed by atoms with Crippen molar-refractivity contribution >= 4 is 7.60 Å². The van der Waals surface area contributed by atoms with Crippen LogP contribution in [-0.2, 0) is 15.3 Å². The average molecular weight is 427 g/mol. The molecular weight excluding hydrogens is 383 g/mol. The Kier molecular flexibility index (Phi) is 15.3. The Morgan fingerprint density at radius 3 is 1.79 bits per heavy atom. The summed E-state index contributed by atoms with van der Waals surface area (Å²) in [5, 5.41) is 0. The smallest absolute Gasteiger partial charge is 0.332 e. The van der Waals surface area contributed by atoms with E-state index in [0.717, 1.165) is 12.0 Å². The maximum Gasteiger partial charge on any atom is 0.332 e. The van der Waals surface area contributed by atoms with E-state index in [9.17, 15) is 9.46 Å². The summed E-state index contributed by atoms with van der Waals surface area (Å²) in [4.78, 5) is 9.68. The number of hydrogen-bond donors (Lipinski definition) is 1. The molecule has 1 rings (SSSR count). The number of para-hydroxylation sites is 1. The normalized spacial score (nSPS) is 13.3. The molecule has 0 amide bonds. The minimum Gasteiger partial charge on any atom is -0.493 e. The highest BCUT2D eigenvalue weighted by Gasteiger charge is 2.20. The molecule has 1 N–H and O–H groups in total. The van der Waals surface area contributed by atoms with Gasteiger partial charge in [-0.15, -0.1) is 0 Å². The van der Waals surface area contributed by atoms with Crippen LogP contribution in [0, 0.1) is 0 Å². The van der Waals surface area contributed by atoms with E-state index in [0.29, 0.717) is 12.4 Å². The first-order chi connectivity index (χ1) is 14.1. The van der Waals surface area contributed by atoms with Crippen molar-refractivity contribution < 1.29 is 18.7 Å². The summed E-state index contributed by atoms with van der Waals surface area (Å²) in [5.74, 6) is 0.688. The molecule has 0 radical (unpaired) electrons. The van der Waals surface area contributed by atoms with Crippen molar-refractivity contribution in [3.8, 4) is 5.75 Å². The van der Waals surface area contributed by atoms with Gasteiger partial charge in [0.25, 0.3) is 0 Å². The monoisotopic (exact) mass is 426 g/mol. The molecule has 0 aromatic heterocycles. The van der Waals surface area contributed by atoms with Gasteiger partial charge in [0.15, 0.2) is 0 Å². The van der Waals surface area contributed by atoms with E-state index in [1.54, 1.807) is 0 Å². The molecular formula is C24H43O4P. The van der Waals surface area contributed by atoms with Crippen molar-refractivity contribution in [2.45, 2.75) is 103 Å². The highest BCUT2D eigenvalue weighted by Crippen LogP contribution is 2.46. The van der Waals surface area contributed by atoms with E-state index >= 15 is 0 Å². The zero-order valence-corrected chi connectivity index (χ0v) is 19.6. The van der Waals surface area contributed by atoms with E-state index in [2.05, 4.69) is 11.4 Å². The van der Waals surface area contributed by atoms with E-state index in [1.165, 1.54) is 90.6 Å². The summed E-state index contributed by atoms with van der Waals surface area (Å²) in [6.07, 6.45) is 18.7. The molecule has 0 saturated heterocycles. The largest absolute Gasteiger partial charge is 0.493 e. The van der Waals surface area contributed by atoms with Crippen LogP contribution in [0.1, 0.15) is 102 Å². The molecule has 0 aliphatic heterocycles. The van der Waals surface area contributed by atoms with Gasteiger partial charge in [-0.05, 0) is 12.5 Å². The topological polar surface area (TPSA) is 55.8 Å². The van der Waals surface area contributed by atoms with Gasteiger partial charge >= 0.3 is 7.60 Å². The Labute approximate surface area is 178 Å². The predicted molar refractivity (Wildman–Crippen MR) is 123 cm³/mol. The second-order valence-corrected chi connectivity index (χ2v) is 9.99. The number of rotatable bonds is 19. The van der Waals surface area contributed by atoms with Gasteiger partial charge in [-0.3, -0.25) is 4.57 Å². The molecule has 0 saturated carbocycles. The highest BCUT2D eigenvalue weighted by molar-refractivity contribution is 7.51. The molecule has 168 valence electrons. The Morgan fingerprint density at radius 1 is 0.793 bits per heavy atom. The van der Waals surface area contributed by atoms with Crippen LogP contribution in [0.2, 0.25) is 0 Å². The van der Waals surface area contributed by atoms with Crippen molar-refractivity contribution in [2.75, 3.05) is 13.7 Å². The zero-order chi connectivity index (χ0) is 21.2. The molecule has 5 heteroatoms. The SMILES string of the molecule is CCCCCCCCCCCCCCCCOc1ccccc1CP(=O)(O)OC. The fraction of sp³-hybridized carbons (Fsp3) is 0.750. The quantitative estimate of drug-likeness (QED) is 0.180. The van der Waals surface area contributed by atoms with Crippen molar-refractivity contribution in [1.29, 1.82) is 0 Å². The molecule has 4 nitrogen and oxygen atoms in total. The number of ether oxygens (including phenoxy) is 1. The van der Waals surface area contributed by atoms with Crippen molar-refractivity contribution in [3.63, 3.8) is 0 Å². The van der Waals surface area contributed by atoms with E-state index in [-0.39, 0.29) is 6.16 Å². The summed E-state index contributed by atoms with van der Waals surface area (Å²) in [5.41, 5.74) is 0.727. The minimum absolute atomic E-state index is 0.0155. The molecule has 0 fully saturated rings. The van der Waals surface area contributed by atoms with E-state index in [1.807, 2.05) is 24.3 Å². The van der Waals surface area contributed by atoms with Gasteiger partial charge in [0, 0.05) is 12.7 Å². The van der Waals surface area contributed by atoms with E-state index in [4.69, 9.17) is 4.74 Å². The van der Waals surface area contributed by atoms with Crippen LogP contribution < -0.4 is 4.74 Å². The van der Waals surface area contributed by atoms with Crippen LogP contribution in [0.3, 0.4) is 0 Å². The maximum atomic E-state index is 11.8. The van der Waals surface area contributed by atoms with Crippen molar-refractivity contribution in [2.24, 2.45) is 0 Å². The molecule has 1 atom stereocenters. The highest BCUT2D eigenvalue weighted by atomic mass is 31.2. The first-order valence-corrected chi connectivity index (χ1v) is 13.4. The minimum atomic E-state index is -3.58. The lowest BCUT2D eigenvalue weighted by atomic mass is 10.0. The van der Waals surface area contributed by atoms with Crippen LogP contribution in [0.5, 0.6) is 5.75 Å². The molecule has 0 bridgehead atoms. The summed E-state index contributed by atoms with van der Waals surface area (Å²) in [6.45, 7) is 2.92. The Hall–Kier alpha value is -0.830. The molecule has 0 aliphatic rings. The lowest BCUT2D eigenvalue weighted by molar-refractivity contribution is 0.297. The van der Waals surface area contributed by atoms with Crippen LogP contribution in [-0.4, -0.2) is 18.6 Å². The fourth-order valence-corrected chi connectivity index (χ4v) is 4.35. The molecule has 1 aromatic rings. The Balaban J connectivity index is 1.99. The van der Waals surface area contributed by atoms with Crippen LogP contribution >= 0.6 is 7.60 Å². The van der Waals surface area contributed by atoms with Gasteiger partial charge in [0.2, 0.25) is 0 Å². The molecule has 29 heavy (non-hydrogen) atoms. The van der Waals surface area contributed by atoms with Gasteiger partial charge in [0.1, 0.15) is 5.75 Å². The maximum absolute atomic E-state index is 11.8. The Morgan fingerprint density at radius 2 is 1.28 bits per heavy atom. The van der Waals surface area contributed by atoms with Crippen molar-refractivity contribution in [3.05, 3.63) is 29.8 Å². The number of unbranched alkanes of at least 4 members (excludes halogenated alkanes) is 13. The van der Waals surface area contributed by atoms with Gasteiger partial charge in [-0.2, -0.15) is 0 Å². The molecule has 1 aromatic carbocycles. The van der Waals surface area contributed by atoms with Gasteiger partial charge in [-0.1, -0.05) is 109 Å². The lowest BCUT2D eigenvalue weighted by Gasteiger charge is -2.13. The lowest BCUT2D eigenvalue weighted by Crippen LogP contribution is -2.01. The summed E-state index contributed by atoms with van der Waals surface area (Å²) in [7, 11) is -2.31. The number of benzene rings is 1. The standard InChI is InChI=1S/C24H43O4P/c1-3-4-5-6-7-8-9-10-11-12-13-14-15-18-21-28-24-20-17-16-19-23(24)22-29(25,26)27-2/h16-17,19-20H,3-15,18,21-22H2,1-2H3,(H,25,26). The summed E-state index contributed by atoms with van der Waals surface area (Å²) < 4.78 is 22.3. The van der Waals surface area contributed by atoms with Crippen molar-refractivity contribution in [1.82, 2.24) is 0 Å². The number of hydrogen-bond acceptors (Lipinski definition) is 3. The predicted octanol–water partition coefficient (Wildman–Crippen LogP) is 7.88. The second-order valence-electron chi connectivity index (χ2n) is 8.03. The van der Waals surface area contributed by atoms with Gasteiger partial charge in [0.05, 0.1) is 12.8 Å². The zero-order valence-electron chi connectivity index (χ0n) is 18.7. The fourth-order valence-electron chi connectivity index (χ4n) is 3.53. The Bertz CT molecular complexity index is 562. The van der Waals surface area contributed by atoms with Gasteiger partial charge in [-0.25, -0.2) is 0 Å². The third-order valence-corrected chi connectivity index (χ3v) is 6.69. The van der Waals surface area contributed by atoms with E-state index < -0.39 is 7.60 Å². The van der Waals surface area contributed by atoms with Crippen LogP contribution in [0.4, 0.5) is 0 Å². The molecule has 0 spiro atoms. The van der Waals surface area contributed by atoms with Crippen LogP contribution in [0.25, 0.3) is 0 Å².